The summed E-state index contributed by atoms with van der Waals surface area (Å²) in [6, 6.07) is 0. The lowest BCUT2D eigenvalue weighted by Crippen LogP contribution is -2.05. The molecule has 0 aliphatic carbocycles. The average Bonchev–Trinajstić information content (AvgIpc) is 1.68. The van der Waals surface area contributed by atoms with Crippen molar-refractivity contribution in [3.8, 4) is 0 Å². The van der Waals surface area contributed by atoms with Crippen LogP contribution < -0.4 is 0 Å². The van der Waals surface area contributed by atoms with Crippen LogP contribution in [0.3, 0.4) is 0 Å². The maximum Gasteiger partial charge on any atom is 0.182 e. The van der Waals surface area contributed by atoms with E-state index in [0.717, 1.165) is 0 Å². The van der Waals surface area contributed by atoms with E-state index in [0.29, 0.717) is 0 Å². The Morgan fingerprint density at radius 3 is 2.00 bits per heavy atom. The normalized spacial score (nSPS) is 11.7. The molecule has 0 saturated heterocycles. The molecular formula is C2H6O3S2. The first-order chi connectivity index (χ1) is 3.12. The van der Waals surface area contributed by atoms with Gasteiger partial charge in [-0.05, 0) is 0 Å². The van der Waals surface area contributed by atoms with Crippen molar-refractivity contribution in [2.24, 2.45) is 0 Å². The van der Waals surface area contributed by atoms with Gasteiger partial charge in [-0.2, -0.15) is 12.6 Å². The fourth-order valence-corrected chi connectivity index (χ4v) is 0.367. The highest BCUT2D eigenvalue weighted by atomic mass is 32.2. The van der Waals surface area contributed by atoms with E-state index in [1.54, 1.807) is 0 Å². The first-order valence-electron chi connectivity index (χ1n) is 1.54. The van der Waals surface area contributed by atoms with Gasteiger partial charge in [0, 0.05) is 0 Å². The Hall–Kier alpha value is 0.260. The van der Waals surface area contributed by atoms with Crippen molar-refractivity contribution in [3.05, 3.63) is 0 Å². The van der Waals surface area contributed by atoms with Crippen molar-refractivity contribution < 1.29 is 13.5 Å². The predicted molar refractivity (Wildman–Crippen MR) is 29.9 cm³/mol. The molecule has 0 heterocycles. The van der Waals surface area contributed by atoms with Gasteiger partial charge in [-0.15, -0.1) is 0 Å². The zero-order valence-electron chi connectivity index (χ0n) is 3.53. The summed E-state index contributed by atoms with van der Waals surface area (Å²) in [5.74, 6) is -0.809. The highest BCUT2D eigenvalue weighted by molar-refractivity contribution is 8.03. The molecule has 0 spiro atoms. The van der Waals surface area contributed by atoms with Crippen LogP contribution in [0.1, 0.15) is 0 Å². The van der Waals surface area contributed by atoms with Crippen molar-refractivity contribution in [2.75, 3.05) is 11.0 Å². The molecule has 7 heavy (non-hydrogen) atoms. The Balaban J connectivity index is 3.89. The second-order valence-electron chi connectivity index (χ2n) is 1.00. The van der Waals surface area contributed by atoms with E-state index in [-0.39, 0.29) is 5.08 Å². The first-order valence-corrected chi connectivity index (χ1v) is 4.00. The van der Waals surface area contributed by atoms with Crippen LogP contribution >= 0.6 is 12.6 Å². The molecule has 0 aromatic heterocycles. The number of aliphatic hydroxyl groups is 1. The van der Waals surface area contributed by atoms with Crippen LogP contribution in [-0.4, -0.2) is 24.5 Å². The minimum Gasteiger partial charge on any atom is -0.380 e. The third-order valence-corrected chi connectivity index (χ3v) is 2.36. The Bertz CT molecular complexity index is 114. The lowest BCUT2D eigenvalue weighted by molar-refractivity contribution is 0.359. The first kappa shape index (κ1) is 7.26. The van der Waals surface area contributed by atoms with Gasteiger partial charge in [0.2, 0.25) is 0 Å². The molecule has 0 amide bonds. The summed E-state index contributed by atoms with van der Waals surface area (Å²) in [4.78, 5) is 0. The highest BCUT2D eigenvalue weighted by Crippen LogP contribution is 1.87. The van der Waals surface area contributed by atoms with Crippen LogP contribution in [-0.2, 0) is 9.84 Å². The van der Waals surface area contributed by atoms with Crippen molar-refractivity contribution in [1.29, 1.82) is 0 Å². The summed E-state index contributed by atoms with van der Waals surface area (Å²) >= 11 is 3.43. The lowest BCUT2D eigenvalue weighted by Gasteiger charge is -1.88. The standard InChI is InChI=1S/C2H6O3S2/c3-1-7(4,5)2-6/h3,6H,1-2H2. The van der Waals surface area contributed by atoms with Gasteiger partial charge in [0.1, 0.15) is 5.94 Å². The molecule has 0 radical (unpaired) electrons. The molecular weight excluding hydrogens is 136 g/mol. The summed E-state index contributed by atoms with van der Waals surface area (Å²) < 4.78 is 20.1. The van der Waals surface area contributed by atoms with Crippen LogP contribution in [0.25, 0.3) is 0 Å². The van der Waals surface area contributed by atoms with Crippen molar-refractivity contribution >= 4 is 22.5 Å². The van der Waals surface area contributed by atoms with Crippen LogP contribution in [0.4, 0.5) is 0 Å². The average molecular weight is 142 g/mol. The Morgan fingerprint density at radius 1 is 1.57 bits per heavy atom. The topological polar surface area (TPSA) is 54.4 Å². The minimum absolute atomic E-state index is 0.288. The van der Waals surface area contributed by atoms with E-state index in [2.05, 4.69) is 12.6 Å². The van der Waals surface area contributed by atoms with Gasteiger partial charge in [0.05, 0.1) is 5.08 Å². The lowest BCUT2D eigenvalue weighted by atomic mass is 11.7. The van der Waals surface area contributed by atoms with Gasteiger partial charge in [0.25, 0.3) is 0 Å². The molecule has 0 aliphatic rings. The number of hydrogen-bond acceptors (Lipinski definition) is 4. The highest BCUT2D eigenvalue weighted by Gasteiger charge is 2.01. The number of hydrogen-bond donors (Lipinski definition) is 2. The zero-order chi connectivity index (χ0) is 5.91. The largest absolute Gasteiger partial charge is 0.380 e. The molecule has 0 fully saturated rings. The smallest absolute Gasteiger partial charge is 0.182 e. The molecule has 44 valence electrons. The minimum atomic E-state index is -3.24. The zero-order valence-corrected chi connectivity index (χ0v) is 5.24. The van der Waals surface area contributed by atoms with Gasteiger partial charge >= 0.3 is 0 Å². The van der Waals surface area contributed by atoms with Gasteiger partial charge in [-0.1, -0.05) is 0 Å². The maximum absolute atomic E-state index is 10.0. The fraction of sp³-hybridized carbons (Fsp3) is 1.00. The molecule has 1 N–H and O–H groups in total. The molecule has 5 heteroatoms. The fourth-order valence-electron chi connectivity index (χ4n) is 0.0408. The summed E-state index contributed by atoms with van der Waals surface area (Å²) in [5, 5.41) is 7.67. The van der Waals surface area contributed by atoms with Crippen LogP contribution in [0.15, 0.2) is 0 Å². The van der Waals surface area contributed by atoms with Crippen LogP contribution in [0.5, 0.6) is 0 Å². The molecule has 3 nitrogen and oxygen atoms in total. The van der Waals surface area contributed by atoms with Crippen molar-refractivity contribution in [2.45, 2.75) is 0 Å². The third kappa shape index (κ3) is 2.90. The SMILES string of the molecule is O=S(=O)(CO)CS. The van der Waals surface area contributed by atoms with E-state index in [1.807, 2.05) is 0 Å². The second-order valence-corrected chi connectivity index (χ2v) is 3.78. The summed E-state index contributed by atoms with van der Waals surface area (Å²) in [6.07, 6.45) is 0. The summed E-state index contributed by atoms with van der Waals surface area (Å²) in [6.45, 7) is 0. The molecule has 0 atom stereocenters. The van der Waals surface area contributed by atoms with E-state index < -0.39 is 15.8 Å². The van der Waals surface area contributed by atoms with Crippen LogP contribution in [0, 0.1) is 0 Å². The van der Waals surface area contributed by atoms with Gasteiger partial charge < -0.3 is 5.11 Å². The third-order valence-electron chi connectivity index (χ3n) is 0.393. The van der Waals surface area contributed by atoms with E-state index in [9.17, 15) is 8.42 Å². The Morgan fingerprint density at radius 2 is 2.00 bits per heavy atom. The number of rotatable bonds is 2. The number of aliphatic hydroxyl groups excluding tert-OH is 1. The summed E-state index contributed by atoms with van der Waals surface area (Å²) in [7, 11) is -3.24. The van der Waals surface area contributed by atoms with Gasteiger partial charge in [-0.25, -0.2) is 8.42 Å². The monoisotopic (exact) mass is 142 g/mol. The van der Waals surface area contributed by atoms with Gasteiger partial charge in [-0.3, -0.25) is 0 Å². The second kappa shape index (κ2) is 2.54. The van der Waals surface area contributed by atoms with Gasteiger partial charge in [0.15, 0.2) is 9.84 Å². The van der Waals surface area contributed by atoms with Crippen LogP contribution in [0.2, 0.25) is 0 Å². The molecule has 0 aromatic rings. The van der Waals surface area contributed by atoms with E-state index in [1.165, 1.54) is 0 Å². The molecule has 0 aromatic carbocycles. The van der Waals surface area contributed by atoms with E-state index in [4.69, 9.17) is 5.11 Å². The van der Waals surface area contributed by atoms with E-state index >= 15 is 0 Å². The molecule has 0 bridgehead atoms. The summed E-state index contributed by atoms with van der Waals surface area (Å²) in [5.41, 5.74) is 0. The Labute approximate surface area is 47.7 Å². The molecule has 0 unspecified atom stereocenters. The van der Waals surface area contributed by atoms with Crippen molar-refractivity contribution in [3.63, 3.8) is 0 Å². The number of sulfone groups is 1. The quantitative estimate of drug-likeness (QED) is 0.498. The Kier molecular flexibility index (Phi) is 2.63. The maximum atomic E-state index is 10.0. The molecule has 0 aliphatic heterocycles. The van der Waals surface area contributed by atoms with Crippen molar-refractivity contribution in [1.82, 2.24) is 0 Å². The number of thiol groups is 1. The predicted octanol–water partition coefficient (Wildman–Crippen LogP) is -0.762. The molecule has 0 saturated carbocycles. The molecule has 0 rings (SSSR count).